The van der Waals surface area contributed by atoms with Gasteiger partial charge in [-0.15, -0.1) is 0 Å². The molecular weight excluding hydrogens is 312 g/mol. The SMILES string of the molecule is OC1CCCOC12CCN(c1ccnc3cc(Cl)ccc13)CC2. The van der Waals surface area contributed by atoms with E-state index in [1.165, 1.54) is 5.69 Å². The third-order valence-corrected chi connectivity index (χ3v) is 5.49. The summed E-state index contributed by atoms with van der Waals surface area (Å²) in [5, 5.41) is 12.2. The number of hydrogen-bond donors (Lipinski definition) is 1. The van der Waals surface area contributed by atoms with Gasteiger partial charge in [-0.1, -0.05) is 11.6 Å². The molecule has 1 spiro atoms. The molecule has 4 rings (SSSR count). The second-order valence-electron chi connectivity index (χ2n) is 6.55. The molecule has 1 aromatic carbocycles. The average molecular weight is 333 g/mol. The van der Waals surface area contributed by atoms with Crippen molar-refractivity contribution in [3.05, 3.63) is 35.5 Å². The van der Waals surface area contributed by atoms with Gasteiger partial charge in [-0.3, -0.25) is 4.98 Å². The van der Waals surface area contributed by atoms with Crippen LogP contribution >= 0.6 is 11.6 Å². The zero-order valence-corrected chi connectivity index (χ0v) is 13.8. The van der Waals surface area contributed by atoms with Crippen molar-refractivity contribution in [2.45, 2.75) is 37.4 Å². The number of nitrogens with zero attached hydrogens (tertiary/aromatic N) is 2. The number of anilines is 1. The highest BCUT2D eigenvalue weighted by molar-refractivity contribution is 6.31. The van der Waals surface area contributed by atoms with Crippen LogP contribution < -0.4 is 4.90 Å². The highest BCUT2D eigenvalue weighted by Gasteiger charge is 2.43. The predicted octanol–water partition coefficient (Wildman–Crippen LogP) is 3.40. The maximum absolute atomic E-state index is 10.4. The van der Waals surface area contributed by atoms with Crippen molar-refractivity contribution in [1.29, 1.82) is 0 Å². The number of aromatic nitrogens is 1. The first kappa shape index (κ1) is 15.2. The van der Waals surface area contributed by atoms with Gasteiger partial charge in [0.15, 0.2) is 0 Å². The van der Waals surface area contributed by atoms with Crippen molar-refractivity contribution in [2.24, 2.45) is 0 Å². The number of benzene rings is 1. The van der Waals surface area contributed by atoms with E-state index in [2.05, 4.69) is 16.0 Å². The first-order chi connectivity index (χ1) is 11.2. The normalized spacial score (nSPS) is 24.3. The number of aliphatic hydroxyl groups is 1. The molecule has 23 heavy (non-hydrogen) atoms. The van der Waals surface area contributed by atoms with Gasteiger partial charge >= 0.3 is 0 Å². The topological polar surface area (TPSA) is 45.6 Å². The van der Waals surface area contributed by atoms with Crippen molar-refractivity contribution in [2.75, 3.05) is 24.6 Å². The fraction of sp³-hybridized carbons (Fsp3) is 0.500. The van der Waals surface area contributed by atoms with E-state index in [1.807, 2.05) is 24.4 Å². The predicted molar refractivity (Wildman–Crippen MR) is 92.1 cm³/mol. The van der Waals surface area contributed by atoms with E-state index in [0.717, 1.165) is 56.3 Å². The van der Waals surface area contributed by atoms with Gasteiger partial charge in [-0.2, -0.15) is 0 Å². The maximum atomic E-state index is 10.4. The average Bonchev–Trinajstić information content (AvgIpc) is 2.58. The van der Waals surface area contributed by atoms with E-state index in [1.54, 1.807) is 0 Å². The molecule has 2 aliphatic heterocycles. The number of fused-ring (bicyclic) bond motifs is 1. The number of pyridine rings is 1. The summed E-state index contributed by atoms with van der Waals surface area (Å²) in [5.74, 6) is 0. The Hall–Kier alpha value is -1.36. The summed E-state index contributed by atoms with van der Waals surface area (Å²) in [4.78, 5) is 6.79. The molecule has 0 saturated carbocycles. The zero-order chi connectivity index (χ0) is 15.9. The van der Waals surface area contributed by atoms with Crippen LogP contribution in [0.3, 0.4) is 0 Å². The third-order valence-electron chi connectivity index (χ3n) is 5.25. The molecule has 5 heteroatoms. The lowest BCUT2D eigenvalue weighted by Crippen LogP contribution is -2.55. The number of aliphatic hydroxyl groups excluding tert-OH is 1. The Labute approximate surface area is 141 Å². The molecule has 3 heterocycles. The van der Waals surface area contributed by atoms with Gasteiger partial charge in [0.05, 0.1) is 17.2 Å². The highest BCUT2D eigenvalue weighted by atomic mass is 35.5. The van der Waals surface area contributed by atoms with Gasteiger partial charge in [-0.25, -0.2) is 0 Å². The van der Waals surface area contributed by atoms with Gasteiger partial charge in [0.2, 0.25) is 0 Å². The molecule has 2 aliphatic rings. The summed E-state index contributed by atoms with van der Waals surface area (Å²) in [5.41, 5.74) is 1.78. The third kappa shape index (κ3) is 2.69. The van der Waals surface area contributed by atoms with E-state index in [-0.39, 0.29) is 11.7 Å². The Morgan fingerprint density at radius 3 is 2.87 bits per heavy atom. The molecule has 1 unspecified atom stereocenters. The van der Waals surface area contributed by atoms with E-state index in [0.29, 0.717) is 5.02 Å². The lowest BCUT2D eigenvalue weighted by atomic mass is 9.82. The molecule has 1 aromatic heterocycles. The largest absolute Gasteiger partial charge is 0.390 e. The summed E-state index contributed by atoms with van der Waals surface area (Å²) in [7, 11) is 0. The highest BCUT2D eigenvalue weighted by Crippen LogP contribution is 2.38. The van der Waals surface area contributed by atoms with Crippen LogP contribution in [0.5, 0.6) is 0 Å². The molecule has 2 saturated heterocycles. The molecule has 0 amide bonds. The van der Waals surface area contributed by atoms with Gasteiger partial charge in [0.25, 0.3) is 0 Å². The second kappa shape index (κ2) is 5.93. The smallest absolute Gasteiger partial charge is 0.0973 e. The Morgan fingerprint density at radius 2 is 2.09 bits per heavy atom. The summed E-state index contributed by atoms with van der Waals surface area (Å²) >= 11 is 6.07. The van der Waals surface area contributed by atoms with Crippen molar-refractivity contribution in [3.8, 4) is 0 Å². The van der Waals surface area contributed by atoms with Gasteiger partial charge in [0.1, 0.15) is 0 Å². The fourth-order valence-electron chi connectivity index (χ4n) is 3.90. The van der Waals surface area contributed by atoms with Crippen LogP contribution in [0.1, 0.15) is 25.7 Å². The van der Waals surface area contributed by atoms with E-state index >= 15 is 0 Å². The van der Waals surface area contributed by atoms with Crippen molar-refractivity contribution in [1.82, 2.24) is 4.98 Å². The quantitative estimate of drug-likeness (QED) is 0.869. The molecule has 1 atom stereocenters. The zero-order valence-electron chi connectivity index (χ0n) is 13.0. The Kier molecular flexibility index (Phi) is 3.92. The van der Waals surface area contributed by atoms with Crippen LogP contribution in [-0.2, 0) is 4.74 Å². The summed E-state index contributed by atoms with van der Waals surface area (Å²) < 4.78 is 6.00. The second-order valence-corrected chi connectivity index (χ2v) is 6.99. The Morgan fingerprint density at radius 1 is 1.26 bits per heavy atom. The van der Waals surface area contributed by atoms with Crippen molar-refractivity contribution >= 4 is 28.2 Å². The van der Waals surface area contributed by atoms with Crippen molar-refractivity contribution < 1.29 is 9.84 Å². The number of halogens is 1. The molecule has 0 bridgehead atoms. The van der Waals surface area contributed by atoms with Crippen molar-refractivity contribution in [3.63, 3.8) is 0 Å². The molecule has 4 nitrogen and oxygen atoms in total. The summed E-state index contributed by atoms with van der Waals surface area (Å²) in [6, 6.07) is 7.91. The van der Waals surface area contributed by atoms with Gasteiger partial charge in [-0.05, 0) is 49.9 Å². The molecule has 0 aliphatic carbocycles. The summed E-state index contributed by atoms with van der Waals surface area (Å²) in [6.45, 7) is 2.55. The Balaban J connectivity index is 1.59. The first-order valence-electron chi connectivity index (χ1n) is 8.29. The van der Waals surface area contributed by atoms with Crippen LogP contribution in [0.15, 0.2) is 30.5 Å². The molecule has 1 N–H and O–H groups in total. The number of ether oxygens (including phenoxy) is 1. The molecular formula is C18H21ClN2O2. The lowest BCUT2D eigenvalue weighted by Gasteiger charge is -2.47. The Bertz CT molecular complexity index is 713. The van der Waals surface area contributed by atoms with Gasteiger partial charge < -0.3 is 14.7 Å². The van der Waals surface area contributed by atoms with Crippen LogP contribution in [-0.4, -0.2) is 41.5 Å². The number of piperidine rings is 1. The molecule has 122 valence electrons. The van der Waals surface area contributed by atoms with Gasteiger partial charge in [0, 0.05) is 42.0 Å². The van der Waals surface area contributed by atoms with Crippen LogP contribution in [0, 0.1) is 0 Å². The van der Waals surface area contributed by atoms with Crippen LogP contribution in [0.2, 0.25) is 5.02 Å². The molecule has 0 radical (unpaired) electrons. The fourth-order valence-corrected chi connectivity index (χ4v) is 4.06. The summed E-state index contributed by atoms with van der Waals surface area (Å²) in [6.07, 6.45) is 5.06. The van der Waals surface area contributed by atoms with Crippen LogP contribution in [0.25, 0.3) is 10.9 Å². The van der Waals surface area contributed by atoms with E-state index in [4.69, 9.17) is 16.3 Å². The minimum atomic E-state index is -0.332. The minimum absolute atomic E-state index is 0.327. The first-order valence-corrected chi connectivity index (χ1v) is 8.67. The minimum Gasteiger partial charge on any atom is -0.390 e. The van der Waals surface area contributed by atoms with Crippen LogP contribution in [0.4, 0.5) is 5.69 Å². The maximum Gasteiger partial charge on any atom is 0.0973 e. The molecule has 2 fully saturated rings. The number of rotatable bonds is 1. The number of hydrogen-bond acceptors (Lipinski definition) is 4. The monoisotopic (exact) mass is 332 g/mol. The molecule has 2 aromatic rings. The standard InChI is InChI=1S/C18H21ClN2O2/c19-13-3-4-14-15(12-13)20-8-5-16(14)21-9-6-18(7-10-21)17(22)2-1-11-23-18/h3-5,8,12,17,22H,1-2,6-7,9-11H2. The van der Waals surface area contributed by atoms with E-state index in [9.17, 15) is 5.11 Å². The van der Waals surface area contributed by atoms with E-state index < -0.39 is 0 Å². The lowest BCUT2D eigenvalue weighted by molar-refractivity contribution is -0.164.